The number of para-hydroxylation sites is 1. The van der Waals surface area contributed by atoms with Gasteiger partial charge in [0.15, 0.2) is 4.80 Å². The highest BCUT2D eigenvalue weighted by Gasteiger charge is 2.08. The summed E-state index contributed by atoms with van der Waals surface area (Å²) in [6.07, 6.45) is 0.975. The maximum absolute atomic E-state index is 4.89. The molecule has 0 unspecified atom stereocenters. The minimum Gasteiger partial charge on any atom is -0.316 e. The van der Waals surface area contributed by atoms with E-state index in [4.69, 9.17) is 4.99 Å². The molecule has 4 aromatic rings. The fraction of sp³-hybridized carbons (Fsp3) is 0.0870. The maximum Gasteiger partial charge on any atom is 0.190 e. The zero-order chi connectivity index (χ0) is 18.5. The van der Waals surface area contributed by atoms with Crippen LogP contribution in [-0.2, 0) is 13.0 Å². The molecular formula is C23H19BrN2S. The summed E-state index contributed by atoms with van der Waals surface area (Å²) in [4.78, 5) is 5.91. The first kappa shape index (κ1) is 18.0. The number of aryl methyl sites for hydroxylation is 1. The van der Waals surface area contributed by atoms with Crippen molar-refractivity contribution >= 4 is 33.0 Å². The average Bonchev–Trinajstić information content (AvgIpc) is 3.11. The Morgan fingerprint density at radius 1 is 0.815 bits per heavy atom. The number of hydrogen-bond donors (Lipinski definition) is 0. The van der Waals surface area contributed by atoms with Gasteiger partial charge >= 0.3 is 0 Å². The molecule has 0 aliphatic rings. The molecule has 4 heteroatoms. The molecule has 0 aliphatic heterocycles. The molecular weight excluding hydrogens is 416 g/mol. The van der Waals surface area contributed by atoms with E-state index in [1.165, 1.54) is 16.8 Å². The number of thiazole rings is 1. The van der Waals surface area contributed by atoms with Gasteiger partial charge in [-0.2, -0.15) is 0 Å². The highest BCUT2D eigenvalue weighted by atomic mass is 79.9. The van der Waals surface area contributed by atoms with Crippen LogP contribution in [0.2, 0.25) is 0 Å². The highest BCUT2D eigenvalue weighted by Crippen LogP contribution is 2.23. The fourth-order valence-corrected chi connectivity index (χ4v) is 4.20. The first-order chi connectivity index (χ1) is 13.3. The van der Waals surface area contributed by atoms with Crippen molar-refractivity contribution in [1.29, 1.82) is 0 Å². The zero-order valence-corrected chi connectivity index (χ0v) is 17.2. The summed E-state index contributed by atoms with van der Waals surface area (Å²) in [6.45, 7) is 0.893. The monoisotopic (exact) mass is 434 g/mol. The lowest BCUT2D eigenvalue weighted by atomic mass is 10.1. The molecule has 0 bridgehead atoms. The molecule has 1 heterocycles. The van der Waals surface area contributed by atoms with Crippen LogP contribution in [0.1, 0.15) is 5.56 Å². The molecule has 134 valence electrons. The van der Waals surface area contributed by atoms with E-state index < -0.39 is 0 Å². The third kappa shape index (κ3) is 4.46. The molecule has 27 heavy (non-hydrogen) atoms. The Labute approximate surface area is 171 Å². The summed E-state index contributed by atoms with van der Waals surface area (Å²) >= 11 is 5.21. The summed E-state index contributed by atoms with van der Waals surface area (Å²) < 4.78 is 3.42. The number of aromatic nitrogens is 1. The van der Waals surface area contributed by atoms with Crippen molar-refractivity contribution in [2.45, 2.75) is 13.0 Å². The van der Waals surface area contributed by atoms with Gasteiger partial charge in [-0.25, -0.2) is 4.99 Å². The molecule has 0 saturated carbocycles. The molecule has 0 N–H and O–H groups in total. The van der Waals surface area contributed by atoms with Gasteiger partial charge in [0.05, 0.1) is 11.4 Å². The van der Waals surface area contributed by atoms with Gasteiger partial charge in [0.1, 0.15) is 0 Å². The maximum atomic E-state index is 4.89. The van der Waals surface area contributed by atoms with Crippen molar-refractivity contribution in [2.75, 3.05) is 0 Å². The Morgan fingerprint density at radius 3 is 2.19 bits per heavy atom. The van der Waals surface area contributed by atoms with Gasteiger partial charge in [-0.15, -0.1) is 11.3 Å². The van der Waals surface area contributed by atoms with E-state index in [-0.39, 0.29) is 0 Å². The summed E-state index contributed by atoms with van der Waals surface area (Å²) in [7, 11) is 0. The number of rotatable bonds is 5. The molecule has 4 rings (SSSR count). The Bertz CT molecular complexity index is 1060. The van der Waals surface area contributed by atoms with Crippen LogP contribution < -0.4 is 4.80 Å². The number of benzene rings is 3. The fourth-order valence-electron chi connectivity index (χ4n) is 2.98. The van der Waals surface area contributed by atoms with Crippen LogP contribution in [0, 0.1) is 0 Å². The van der Waals surface area contributed by atoms with E-state index in [2.05, 4.69) is 80.5 Å². The molecule has 0 spiro atoms. The van der Waals surface area contributed by atoms with Crippen LogP contribution in [-0.4, -0.2) is 4.57 Å². The van der Waals surface area contributed by atoms with Crippen LogP contribution in [0.5, 0.6) is 0 Å². The second kappa shape index (κ2) is 8.51. The largest absolute Gasteiger partial charge is 0.316 e. The van der Waals surface area contributed by atoms with E-state index in [1.54, 1.807) is 11.3 Å². The summed E-state index contributed by atoms with van der Waals surface area (Å²) in [5.41, 5.74) is 4.73. The molecule has 0 atom stereocenters. The lowest BCUT2D eigenvalue weighted by molar-refractivity contribution is 0.684. The normalized spacial score (nSPS) is 11.7. The number of nitrogens with zero attached hydrogens (tertiary/aromatic N) is 2. The lowest BCUT2D eigenvalue weighted by Crippen LogP contribution is -2.17. The molecule has 0 aliphatic carbocycles. The Kier molecular flexibility index (Phi) is 5.66. The van der Waals surface area contributed by atoms with E-state index in [9.17, 15) is 0 Å². The number of halogens is 1. The third-order valence-corrected chi connectivity index (χ3v) is 5.78. The summed E-state index contributed by atoms with van der Waals surface area (Å²) in [5.74, 6) is 0. The van der Waals surface area contributed by atoms with E-state index in [0.717, 1.165) is 27.9 Å². The zero-order valence-electron chi connectivity index (χ0n) is 14.8. The van der Waals surface area contributed by atoms with Crippen molar-refractivity contribution in [2.24, 2.45) is 4.99 Å². The predicted octanol–water partition coefficient (Wildman–Crippen LogP) is 6.45. The molecule has 0 fully saturated rings. The molecule has 0 saturated heterocycles. The van der Waals surface area contributed by atoms with Crippen molar-refractivity contribution in [3.8, 4) is 11.3 Å². The van der Waals surface area contributed by atoms with Gasteiger partial charge in [0, 0.05) is 16.4 Å². The quantitative estimate of drug-likeness (QED) is 0.343. The Morgan fingerprint density at radius 2 is 1.48 bits per heavy atom. The van der Waals surface area contributed by atoms with E-state index >= 15 is 0 Å². The van der Waals surface area contributed by atoms with Crippen LogP contribution in [0.15, 0.2) is 99.8 Å². The van der Waals surface area contributed by atoms with Crippen LogP contribution >= 0.6 is 27.3 Å². The van der Waals surface area contributed by atoms with Gasteiger partial charge in [-0.3, -0.25) is 0 Å². The van der Waals surface area contributed by atoms with E-state index in [1.807, 2.05) is 30.3 Å². The van der Waals surface area contributed by atoms with Crippen LogP contribution in [0.25, 0.3) is 11.3 Å². The Balaban J connectivity index is 1.75. The second-order valence-corrected chi connectivity index (χ2v) is 8.00. The SMILES string of the molecule is Brc1ccc(-c2csc(=Nc3ccccc3)n2CCc2ccccc2)cc1. The molecule has 0 radical (unpaired) electrons. The van der Waals surface area contributed by atoms with Gasteiger partial charge in [-0.1, -0.05) is 76.6 Å². The molecule has 0 amide bonds. The standard InChI is InChI=1S/C23H19BrN2S/c24-20-13-11-19(12-14-20)22-17-27-23(25-21-9-5-2-6-10-21)26(22)16-15-18-7-3-1-4-8-18/h1-14,17H,15-16H2. The van der Waals surface area contributed by atoms with Crippen LogP contribution in [0.4, 0.5) is 5.69 Å². The summed E-state index contributed by atoms with van der Waals surface area (Å²) in [5, 5.41) is 2.20. The highest BCUT2D eigenvalue weighted by molar-refractivity contribution is 9.10. The van der Waals surface area contributed by atoms with Gasteiger partial charge in [0.2, 0.25) is 0 Å². The molecule has 3 aromatic carbocycles. The third-order valence-electron chi connectivity index (χ3n) is 4.39. The summed E-state index contributed by atoms with van der Waals surface area (Å²) in [6, 6.07) is 29.2. The van der Waals surface area contributed by atoms with Crippen molar-refractivity contribution in [1.82, 2.24) is 4.57 Å². The van der Waals surface area contributed by atoms with E-state index in [0.29, 0.717) is 0 Å². The second-order valence-electron chi connectivity index (χ2n) is 6.24. The minimum atomic E-state index is 0.893. The smallest absolute Gasteiger partial charge is 0.190 e. The van der Waals surface area contributed by atoms with Gasteiger partial charge < -0.3 is 4.57 Å². The number of hydrogen-bond acceptors (Lipinski definition) is 2. The van der Waals surface area contributed by atoms with Gasteiger partial charge in [0.25, 0.3) is 0 Å². The van der Waals surface area contributed by atoms with Gasteiger partial charge in [-0.05, 0) is 41.8 Å². The topological polar surface area (TPSA) is 17.3 Å². The Hall–Kier alpha value is -2.43. The first-order valence-corrected chi connectivity index (χ1v) is 10.5. The average molecular weight is 435 g/mol. The molecule has 1 aromatic heterocycles. The lowest BCUT2D eigenvalue weighted by Gasteiger charge is -2.10. The first-order valence-electron chi connectivity index (χ1n) is 8.87. The van der Waals surface area contributed by atoms with Crippen molar-refractivity contribution in [3.05, 3.63) is 105 Å². The van der Waals surface area contributed by atoms with Crippen LogP contribution in [0.3, 0.4) is 0 Å². The van der Waals surface area contributed by atoms with Crippen molar-refractivity contribution < 1.29 is 0 Å². The minimum absolute atomic E-state index is 0.893. The van der Waals surface area contributed by atoms with Crippen molar-refractivity contribution in [3.63, 3.8) is 0 Å². The predicted molar refractivity (Wildman–Crippen MR) is 117 cm³/mol. The molecule has 2 nitrogen and oxygen atoms in total.